The summed E-state index contributed by atoms with van der Waals surface area (Å²) in [6.45, 7) is 4.58. The van der Waals surface area contributed by atoms with E-state index in [1.165, 1.54) is 0 Å². The zero-order valence-electron chi connectivity index (χ0n) is 10.9. The highest BCUT2D eigenvalue weighted by atomic mass is 79.9. The number of aromatic nitrogens is 1. The van der Waals surface area contributed by atoms with E-state index in [4.69, 9.17) is 0 Å². The Morgan fingerprint density at radius 1 is 1.26 bits per heavy atom. The van der Waals surface area contributed by atoms with Crippen LogP contribution in [-0.2, 0) is 0 Å². The molecule has 0 aliphatic carbocycles. The fourth-order valence-electron chi connectivity index (χ4n) is 1.90. The highest BCUT2D eigenvalue weighted by molar-refractivity contribution is 9.10. The summed E-state index contributed by atoms with van der Waals surface area (Å²) >= 11 is 3.29. The molecule has 3 nitrogen and oxygen atoms in total. The summed E-state index contributed by atoms with van der Waals surface area (Å²) in [4.78, 5) is 18.4. The van der Waals surface area contributed by atoms with Crippen molar-refractivity contribution in [1.82, 2.24) is 4.98 Å². The molecule has 0 unspecified atom stereocenters. The van der Waals surface area contributed by atoms with Crippen LogP contribution in [0.5, 0.6) is 0 Å². The molecule has 1 aromatic heterocycles. The zero-order valence-corrected chi connectivity index (χ0v) is 12.5. The number of aryl methyl sites for hydroxylation is 1. The molecule has 0 atom stereocenters. The maximum atomic E-state index is 12.5. The molecule has 1 aromatic carbocycles. The minimum absolute atomic E-state index is 0.0885. The lowest BCUT2D eigenvalue weighted by Crippen LogP contribution is -2.31. The molecular weight excluding hydrogens is 304 g/mol. The number of hydrogen-bond acceptors (Lipinski definition) is 2. The topological polar surface area (TPSA) is 33.2 Å². The first-order valence-electron chi connectivity index (χ1n) is 6.13. The molecule has 0 fully saturated rings. The third-order valence-corrected chi connectivity index (χ3v) is 3.25. The predicted octanol–water partition coefficient (Wildman–Crippen LogP) is 3.82. The van der Waals surface area contributed by atoms with E-state index >= 15 is 0 Å². The second-order valence-electron chi connectivity index (χ2n) is 4.23. The highest BCUT2D eigenvalue weighted by Crippen LogP contribution is 2.18. The molecule has 19 heavy (non-hydrogen) atoms. The average molecular weight is 319 g/mol. The molecule has 1 amide bonds. The molecule has 0 spiro atoms. The van der Waals surface area contributed by atoms with Gasteiger partial charge in [-0.1, -0.05) is 18.2 Å². The number of amides is 1. The summed E-state index contributed by atoms with van der Waals surface area (Å²) in [5.41, 5.74) is 2.47. The van der Waals surface area contributed by atoms with E-state index in [1.807, 2.05) is 44.2 Å². The number of pyridine rings is 1. The Kier molecular flexibility index (Phi) is 4.32. The number of nitrogens with zero attached hydrogens (tertiary/aromatic N) is 2. The van der Waals surface area contributed by atoms with Gasteiger partial charge in [0, 0.05) is 12.2 Å². The van der Waals surface area contributed by atoms with Gasteiger partial charge < -0.3 is 4.90 Å². The van der Waals surface area contributed by atoms with Gasteiger partial charge in [0.1, 0.15) is 10.3 Å². The van der Waals surface area contributed by atoms with Crippen molar-refractivity contribution in [3.63, 3.8) is 0 Å². The van der Waals surface area contributed by atoms with Crippen LogP contribution in [0.3, 0.4) is 0 Å². The smallest absolute Gasteiger partial charge is 0.276 e. The second kappa shape index (κ2) is 5.97. The number of benzene rings is 1. The fraction of sp³-hybridized carbons (Fsp3) is 0.200. The van der Waals surface area contributed by atoms with Crippen molar-refractivity contribution >= 4 is 27.5 Å². The van der Waals surface area contributed by atoms with Gasteiger partial charge in [-0.05, 0) is 59.6 Å². The summed E-state index contributed by atoms with van der Waals surface area (Å²) in [5, 5.41) is 0. The van der Waals surface area contributed by atoms with Crippen LogP contribution in [0.1, 0.15) is 23.0 Å². The number of anilines is 1. The van der Waals surface area contributed by atoms with Crippen molar-refractivity contribution in [2.45, 2.75) is 13.8 Å². The van der Waals surface area contributed by atoms with Crippen LogP contribution in [-0.4, -0.2) is 17.4 Å². The van der Waals surface area contributed by atoms with E-state index in [0.29, 0.717) is 16.8 Å². The van der Waals surface area contributed by atoms with Gasteiger partial charge in [0.2, 0.25) is 0 Å². The third-order valence-electron chi connectivity index (χ3n) is 2.81. The monoisotopic (exact) mass is 318 g/mol. The highest BCUT2D eigenvalue weighted by Gasteiger charge is 2.17. The fourth-order valence-corrected chi connectivity index (χ4v) is 2.25. The molecule has 4 heteroatoms. The molecule has 0 N–H and O–H groups in total. The van der Waals surface area contributed by atoms with Crippen molar-refractivity contribution < 1.29 is 4.79 Å². The quantitative estimate of drug-likeness (QED) is 0.806. The Hall–Kier alpha value is -1.68. The maximum absolute atomic E-state index is 12.5. The van der Waals surface area contributed by atoms with Crippen LogP contribution < -0.4 is 4.90 Å². The van der Waals surface area contributed by atoms with Crippen molar-refractivity contribution in [3.8, 4) is 0 Å². The standard InChI is InChI=1S/C15H15BrN2O/c1-3-18(12-7-4-6-11(2)10-12)15(19)13-8-5-9-14(16)17-13/h4-10H,3H2,1-2H3. The Bertz CT molecular complexity index is 598. The Morgan fingerprint density at radius 3 is 2.63 bits per heavy atom. The first-order valence-corrected chi connectivity index (χ1v) is 6.92. The Morgan fingerprint density at radius 2 is 2.00 bits per heavy atom. The molecule has 0 saturated carbocycles. The lowest BCUT2D eigenvalue weighted by atomic mass is 10.2. The van der Waals surface area contributed by atoms with Crippen molar-refractivity contribution in [1.29, 1.82) is 0 Å². The van der Waals surface area contributed by atoms with Gasteiger partial charge in [-0.2, -0.15) is 0 Å². The lowest BCUT2D eigenvalue weighted by Gasteiger charge is -2.21. The van der Waals surface area contributed by atoms with Crippen LogP contribution in [0.4, 0.5) is 5.69 Å². The summed E-state index contributed by atoms with van der Waals surface area (Å²) in [6.07, 6.45) is 0. The zero-order chi connectivity index (χ0) is 13.8. The summed E-state index contributed by atoms with van der Waals surface area (Å²) in [7, 11) is 0. The molecule has 2 aromatic rings. The molecule has 0 saturated heterocycles. The summed E-state index contributed by atoms with van der Waals surface area (Å²) in [5.74, 6) is -0.0885. The summed E-state index contributed by atoms with van der Waals surface area (Å²) in [6, 6.07) is 13.2. The third kappa shape index (κ3) is 3.20. The molecule has 1 heterocycles. The number of carbonyl (C=O) groups excluding carboxylic acids is 1. The SMILES string of the molecule is CCN(C(=O)c1cccc(Br)n1)c1cccc(C)c1. The number of halogens is 1. The van der Waals surface area contributed by atoms with Crippen LogP contribution >= 0.6 is 15.9 Å². The lowest BCUT2D eigenvalue weighted by molar-refractivity contribution is 0.0983. The minimum atomic E-state index is -0.0885. The van der Waals surface area contributed by atoms with Crippen molar-refractivity contribution in [3.05, 3.63) is 58.3 Å². The average Bonchev–Trinajstić information content (AvgIpc) is 2.39. The molecule has 2 rings (SSSR count). The van der Waals surface area contributed by atoms with E-state index in [1.54, 1.807) is 17.0 Å². The van der Waals surface area contributed by atoms with E-state index in [0.717, 1.165) is 11.3 Å². The first kappa shape index (κ1) is 13.7. The summed E-state index contributed by atoms with van der Waals surface area (Å²) < 4.78 is 0.665. The van der Waals surface area contributed by atoms with Gasteiger partial charge in [-0.15, -0.1) is 0 Å². The number of carbonyl (C=O) groups is 1. The molecule has 0 radical (unpaired) electrons. The van der Waals surface area contributed by atoms with Gasteiger partial charge >= 0.3 is 0 Å². The van der Waals surface area contributed by atoms with Gasteiger partial charge in [0.05, 0.1) is 0 Å². The molecule has 0 bridgehead atoms. The largest absolute Gasteiger partial charge is 0.307 e. The van der Waals surface area contributed by atoms with E-state index < -0.39 is 0 Å². The number of hydrogen-bond donors (Lipinski definition) is 0. The van der Waals surface area contributed by atoms with Crippen LogP contribution in [0.15, 0.2) is 47.1 Å². The molecule has 0 aliphatic rings. The minimum Gasteiger partial charge on any atom is -0.307 e. The van der Waals surface area contributed by atoms with Gasteiger partial charge in [0.15, 0.2) is 0 Å². The van der Waals surface area contributed by atoms with E-state index in [2.05, 4.69) is 20.9 Å². The molecular formula is C15H15BrN2O. The maximum Gasteiger partial charge on any atom is 0.276 e. The van der Waals surface area contributed by atoms with Gasteiger partial charge in [0.25, 0.3) is 5.91 Å². The first-order chi connectivity index (χ1) is 9.11. The molecule has 0 aliphatic heterocycles. The van der Waals surface area contributed by atoms with E-state index in [9.17, 15) is 4.79 Å². The van der Waals surface area contributed by atoms with Crippen LogP contribution in [0, 0.1) is 6.92 Å². The normalized spacial score (nSPS) is 10.3. The van der Waals surface area contributed by atoms with Crippen LogP contribution in [0.25, 0.3) is 0 Å². The van der Waals surface area contributed by atoms with Crippen LogP contribution in [0.2, 0.25) is 0 Å². The van der Waals surface area contributed by atoms with E-state index in [-0.39, 0.29) is 5.91 Å². The van der Waals surface area contributed by atoms with Gasteiger partial charge in [-0.3, -0.25) is 4.79 Å². The van der Waals surface area contributed by atoms with Crippen molar-refractivity contribution in [2.75, 3.05) is 11.4 Å². The number of rotatable bonds is 3. The predicted molar refractivity (Wildman–Crippen MR) is 80.5 cm³/mol. The Labute approximate surface area is 121 Å². The van der Waals surface area contributed by atoms with Gasteiger partial charge in [-0.25, -0.2) is 4.98 Å². The van der Waals surface area contributed by atoms with Crippen molar-refractivity contribution in [2.24, 2.45) is 0 Å². The Balaban J connectivity index is 2.34. The molecule has 98 valence electrons. The second-order valence-corrected chi connectivity index (χ2v) is 5.05.